The highest BCUT2D eigenvalue weighted by molar-refractivity contribution is 7.89. The maximum atomic E-state index is 12.5. The topological polar surface area (TPSA) is 114 Å². The molecule has 29 heavy (non-hydrogen) atoms. The lowest BCUT2D eigenvalue weighted by atomic mass is 10.2. The highest BCUT2D eigenvalue weighted by atomic mass is 32.2. The van der Waals surface area contributed by atoms with E-state index in [2.05, 4.69) is 10.6 Å². The Balaban J connectivity index is 1.94. The minimum absolute atomic E-state index is 0.105. The van der Waals surface area contributed by atoms with Crippen molar-refractivity contribution in [1.82, 2.24) is 4.31 Å². The van der Waals surface area contributed by atoms with Crippen LogP contribution in [0.2, 0.25) is 0 Å². The number of carbonyl (C=O) groups is 2. The van der Waals surface area contributed by atoms with Gasteiger partial charge in [-0.25, -0.2) is 13.2 Å². The molecule has 0 aliphatic carbocycles. The lowest BCUT2D eigenvalue weighted by Crippen LogP contribution is -2.34. The van der Waals surface area contributed by atoms with Gasteiger partial charge in [0.15, 0.2) is 0 Å². The predicted molar refractivity (Wildman–Crippen MR) is 108 cm³/mol. The number of carbonyl (C=O) groups excluding carboxylic acids is 2. The molecule has 0 bridgehead atoms. The van der Waals surface area contributed by atoms with E-state index >= 15 is 0 Å². The van der Waals surface area contributed by atoms with Crippen LogP contribution in [-0.4, -0.2) is 58.6 Å². The quantitative estimate of drug-likeness (QED) is 0.600. The molecule has 0 heterocycles. The van der Waals surface area contributed by atoms with Crippen LogP contribution in [0.3, 0.4) is 0 Å². The van der Waals surface area contributed by atoms with E-state index in [1.165, 1.54) is 32.4 Å². The Morgan fingerprint density at radius 1 is 0.966 bits per heavy atom. The summed E-state index contributed by atoms with van der Waals surface area (Å²) in [5, 5.41) is 5.13. The van der Waals surface area contributed by atoms with Gasteiger partial charge in [0, 0.05) is 25.5 Å². The fourth-order valence-corrected chi connectivity index (χ4v) is 3.45. The van der Waals surface area contributed by atoms with Gasteiger partial charge in [0.25, 0.3) is 0 Å². The van der Waals surface area contributed by atoms with Gasteiger partial charge in [-0.2, -0.15) is 4.31 Å². The molecule has 2 rings (SSSR count). The number of benzene rings is 2. The Kier molecular flexibility index (Phi) is 8.13. The highest BCUT2D eigenvalue weighted by Crippen LogP contribution is 2.16. The van der Waals surface area contributed by atoms with Crippen molar-refractivity contribution in [2.24, 2.45) is 0 Å². The molecular formula is C19H23N3O6S. The minimum atomic E-state index is -3.77. The maximum absolute atomic E-state index is 12.5. The Morgan fingerprint density at radius 3 is 2.28 bits per heavy atom. The van der Waals surface area contributed by atoms with Crippen LogP contribution < -0.4 is 10.6 Å². The van der Waals surface area contributed by atoms with Crippen LogP contribution >= 0.6 is 0 Å². The second kappa shape index (κ2) is 10.6. The van der Waals surface area contributed by atoms with Crippen molar-refractivity contribution >= 4 is 33.4 Å². The van der Waals surface area contributed by atoms with E-state index in [4.69, 9.17) is 9.47 Å². The number of hydrogen-bond donors (Lipinski definition) is 2. The normalized spacial score (nSPS) is 11.1. The first-order chi connectivity index (χ1) is 13.8. The zero-order valence-electron chi connectivity index (χ0n) is 16.1. The van der Waals surface area contributed by atoms with Gasteiger partial charge in [0.1, 0.15) is 6.61 Å². The van der Waals surface area contributed by atoms with Gasteiger partial charge in [0.2, 0.25) is 15.9 Å². The first-order valence-corrected chi connectivity index (χ1v) is 10.1. The first-order valence-electron chi connectivity index (χ1n) is 8.67. The predicted octanol–water partition coefficient (Wildman–Crippen LogP) is 2.14. The molecule has 0 aliphatic rings. The monoisotopic (exact) mass is 421 g/mol. The van der Waals surface area contributed by atoms with Gasteiger partial charge >= 0.3 is 6.09 Å². The van der Waals surface area contributed by atoms with Crippen LogP contribution in [0.15, 0.2) is 59.5 Å². The average molecular weight is 421 g/mol. The molecule has 0 fully saturated rings. The lowest BCUT2D eigenvalue weighted by Gasteiger charge is -2.17. The summed E-state index contributed by atoms with van der Waals surface area (Å²) in [7, 11) is -0.948. The van der Waals surface area contributed by atoms with Crippen LogP contribution in [-0.2, 0) is 24.3 Å². The van der Waals surface area contributed by atoms with E-state index in [-0.39, 0.29) is 24.7 Å². The third kappa shape index (κ3) is 6.86. The van der Waals surface area contributed by atoms with Gasteiger partial charge in [-0.05, 0) is 30.3 Å². The highest BCUT2D eigenvalue weighted by Gasteiger charge is 2.22. The molecule has 10 heteroatoms. The Bertz CT molecular complexity index is 934. The zero-order chi connectivity index (χ0) is 21.3. The fourth-order valence-electron chi connectivity index (χ4n) is 2.31. The number of methoxy groups -OCH3 is 1. The zero-order valence-corrected chi connectivity index (χ0v) is 16.9. The molecule has 0 atom stereocenters. The molecule has 0 aliphatic heterocycles. The number of amides is 2. The van der Waals surface area contributed by atoms with Crippen molar-refractivity contribution in [2.75, 3.05) is 44.5 Å². The van der Waals surface area contributed by atoms with E-state index < -0.39 is 22.0 Å². The smallest absolute Gasteiger partial charge is 0.411 e. The fraction of sp³-hybridized carbons (Fsp3) is 0.263. The van der Waals surface area contributed by atoms with Gasteiger partial charge in [-0.1, -0.05) is 24.3 Å². The van der Waals surface area contributed by atoms with Crippen molar-refractivity contribution in [2.45, 2.75) is 4.90 Å². The van der Waals surface area contributed by atoms with E-state index in [1.807, 2.05) is 0 Å². The molecular weight excluding hydrogens is 398 g/mol. The molecule has 0 aromatic heterocycles. The Labute approximate surface area is 169 Å². The third-order valence-electron chi connectivity index (χ3n) is 3.73. The molecule has 0 saturated heterocycles. The van der Waals surface area contributed by atoms with Crippen LogP contribution in [0.1, 0.15) is 0 Å². The summed E-state index contributed by atoms with van der Waals surface area (Å²) in [6.45, 7) is 0.0256. The number of nitrogens with zero attached hydrogens (tertiary/aromatic N) is 1. The maximum Gasteiger partial charge on any atom is 0.411 e. The summed E-state index contributed by atoms with van der Waals surface area (Å²) >= 11 is 0. The Morgan fingerprint density at radius 2 is 1.62 bits per heavy atom. The average Bonchev–Trinajstić information content (AvgIpc) is 2.69. The number of nitrogens with one attached hydrogen (secondary N) is 2. The molecule has 0 radical (unpaired) electrons. The SMILES string of the molecule is COCCOC(=O)Nc1cccc(NC(=O)CN(C)S(=O)(=O)c2ccccc2)c1. The van der Waals surface area contributed by atoms with Crippen LogP contribution in [0.25, 0.3) is 0 Å². The molecule has 0 saturated carbocycles. The molecule has 9 nitrogen and oxygen atoms in total. The standard InChI is InChI=1S/C19H23N3O6S/c1-22(29(25,26)17-9-4-3-5-10-17)14-18(23)20-15-7-6-8-16(13-15)21-19(24)28-12-11-27-2/h3-10,13H,11-12,14H2,1-2H3,(H,20,23)(H,21,24). The van der Waals surface area contributed by atoms with E-state index in [1.54, 1.807) is 36.4 Å². The number of anilines is 2. The summed E-state index contributed by atoms with van der Waals surface area (Å²) in [5.41, 5.74) is 0.811. The number of rotatable bonds is 9. The first kappa shape index (κ1) is 22.3. The van der Waals surface area contributed by atoms with Crippen LogP contribution in [0, 0.1) is 0 Å². The minimum Gasteiger partial charge on any atom is -0.447 e. The van der Waals surface area contributed by atoms with E-state index in [0.717, 1.165) is 4.31 Å². The van der Waals surface area contributed by atoms with E-state index in [9.17, 15) is 18.0 Å². The molecule has 156 valence electrons. The van der Waals surface area contributed by atoms with Gasteiger partial charge < -0.3 is 14.8 Å². The van der Waals surface area contributed by atoms with Gasteiger partial charge in [-0.15, -0.1) is 0 Å². The number of sulfonamides is 1. The largest absolute Gasteiger partial charge is 0.447 e. The lowest BCUT2D eigenvalue weighted by molar-refractivity contribution is -0.116. The molecule has 0 unspecified atom stereocenters. The second-order valence-corrected chi connectivity index (χ2v) is 8.00. The number of ether oxygens (including phenoxy) is 2. The van der Waals surface area contributed by atoms with Crippen molar-refractivity contribution in [3.63, 3.8) is 0 Å². The van der Waals surface area contributed by atoms with Crippen LogP contribution in [0.4, 0.5) is 16.2 Å². The summed E-state index contributed by atoms with van der Waals surface area (Å²) in [6, 6.07) is 14.3. The summed E-state index contributed by atoms with van der Waals surface area (Å²) in [6.07, 6.45) is -0.654. The molecule has 2 aromatic rings. The number of hydrogen-bond acceptors (Lipinski definition) is 6. The molecule has 2 amide bonds. The van der Waals surface area contributed by atoms with Crippen molar-refractivity contribution in [1.29, 1.82) is 0 Å². The Hall–Kier alpha value is -2.95. The van der Waals surface area contributed by atoms with Gasteiger partial charge in [0.05, 0.1) is 18.0 Å². The van der Waals surface area contributed by atoms with Crippen molar-refractivity contribution < 1.29 is 27.5 Å². The molecule has 0 spiro atoms. The number of likely N-dealkylation sites (N-methyl/N-ethyl adjacent to an activating group) is 1. The molecule has 2 N–H and O–H groups in total. The molecule has 2 aromatic carbocycles. The summed E-state index contributed by atoms with van der Waals surface area (Å²) in [4.78, 5) is 24.0. The second-order valence-electron chi connectivity index (χ2n) is 5.96. The summed E-state index contributed by atoms with van der Waals surface area (Å²) < 4.78 is 35.6. The van der Waals surface area contributed by atoms with Gasteiger partial charge in [-0.3, -0.25) is 10.1 Å². The van der Waals surface area contributed by atoms with E-state index in [0.29, 0.717) is 11.4 Å². The summed E-state index contributed by atoms with van der Waals surface area (Å²) in [5.74, 6) is -0.521. The third-order valence-corrected chi connectivity index (χ3v) is 5.55. The van der Waals surface area contributed by atoms with Crippen molar-refractivity contribution in [3.05, 3.63) is 54.6 Å². The van der Waals surface area contributed by atoms with Crippen molar-refractivity contribution in [3.8, 4) is 0 Å². The van der Waals surface area contributed by atoms with Crippen LogP contribution in [0.5, 0.6) is 0 Å².